The molecule has 98 valence electrons. The Morgan fingerprint density at radius 1 is 1.41 bits per heavy atom. The van der Waals surface area contributed by atoms with E-state index in [1.54, 1.807) is 7.11 Å². The van der Waals surface area contributed by atoms with Crippen molar-refractivity contribution in [1.29, 1.82) is 0 Å². The van der Waals surface area contributed by atoms with E-state index in [1.807, 2.05) is 9.80 Å². The number of hydrogen-bond acceptors (Lipinski definition) is 2. The van der Waals surface area contributed by atoms with E-state index in [1.165, 1.54) is 12.8 Å². The number of methoxy groups -OCH3 is 1. The molecule has 1 saturated carbocycles. The number of hydrogen-bond donors (Lipinski definition) is 0. The van der Waals surface area contributed by atoms with Gasteiger partial charge in [-0.1, -0.05) is 0 Å². The van der Waals surface area contributed by atoms with Crippen molar-refractivity contribution in [3.63, 3.8) is 0 Å². The molecule has 0 aromatic carbocycles. The van der Waals surface area contributed by atoms with E-state index >= 15 is 0 Å². The number of amides is 2. The van der Waals surface area contributed by atoms with Gasteiger partial charge in [0, 0.05) is 32.8 Å². The second kappa shape index (κ2) is 5.71. The van der Waals surface area contributed by atoms with Crippen molar-refractivity contribution < 1.29 is 9.53 Å². The number of carbonyl (C=O) groups is 1. The second-order valence-electron chi connectivity index (χ2n) is 5.24. The zero-order chi connectivity index (χ0) is 12.3. The van der Waals surface area contributed by atoms with Crippen molar-refractivity contribution in [1.82, 2.24) is 9.80 Å². The minimum Gasteiger partial charge on any atom is -0.383 e. The summed E-state index contributed by atoms with van der Waals surface area (Å²) in [6, 6.07) is 0.595. The zero-order valence-corrected chi connectivity index (χ0v) is 11.0. The molecule has 1 saturated heterocycles. The summed E-state index contributed by atoms with van der Waals surface area (Å²) in [5, 5.41) is 0. The Labute approximate surface area is 104 Å². The van der Waals surface area contributed by atoms with Gasteiger partial charge in [-0.3, -0.25) is 0 Å². The molecule has 0 bridgehead atoms. The van der Waals surface area contributed by atoms with Crippen LogP contribution >= 0.6 is 0 Å². The number of nitrogens with zero attached hydrogens (tertiary/aromatic N) is 2. The quantitative estimate of drug-likeness (QED) is 0.736. The molecule has 2 amide bonds. The lowest BCUT2D eigenvalue weighted by atomic mass is 10.2. The first-order chi connectivity index (χ1) is 8.24. The van der Waals surface area contributed by atoms with Gasteiger partial charge in [0.2, 0.25) is 0 Å². The molecule has 1 atom stereocenters. The summed E-state index contributed by atoms with van der Waals surface area (Å²) < 4.78 is 5.12. The van der Waals surface area contributed by atoms with Gasteiger partial charge in [0.1, 0.15) is 0 Å². The highest BCUT2D eigenvalue weighted by Crippen LogP contribution is 2.35. The molecule has 17 heavy (non-hydrogen) atoms. The summed E-state index contributed by atoms with van der Waals surface area (Å²) in [5.74, 6) is 0.721. The summed E-state index contributed by atoms with van der Waals surface area (Å²) in [6.07, 6.45) is 4.86. The maximum Gasteiger partial charge on any atom is 0.320 e. The molecular formula is C13H24N2O2. The summed E-state index contributed by atoms with van der Waals surface area (Å²) in [4.78, 5) is 16.4. The van der Waals surface area contributed by atoms with Crippen LogP contribution in [0.25, 0.3) is 0 Å². The molecule has 4 heteroatoms. The van der Waals surface area contributed by atoms with Gasteiger partial charge in [0.05, 0.1) is 6.61 Å². The summed E-state index contributed by atoms with van der Waals surface area (Å²) >= 11 is 0. The maximum absolute atomic E-state index is 12.4. The van der Waals surface area contributed by atoms with Gasteiger partial charge in [-0.2, -0.15) is 0 Å². The Bertz CT molecular complexity index is 260. The van der Waals surface area contributed by atoms with E-state index in [0.29, 0.717) is 12.6 Å². The van der Waals surface area contributed by atoms with Gasteiger partial charge in [-0.15, -0.1) is 0 Å². The molecule has 0 aromatic rings. The van der Waals surface area contributed by atoms with E-state index in [2.05, 4.69) is 6.92 Å². The first-order valence-corrected chi connectivity index (χ1v) is 6.78. The predicted octanol–water partition coefficient (Wildman–Crippen LogP) is 1.95. The summed E-state index contributed by atoms with van der Waals surface area (Å²) in [7, 11) is 1.69. The molecule has 1 unspecified atom stereocenters. The normalized spacial score (nSPS) is 21.6. The van der Waals surface area contributed by atoms with E-state index < -0.39 is 0 Å². The van der Waals surface area contributed by atoms with E-state index in [-0.39, 0.29) is 6.03 Å². The average Bonchev–Trinajstić information content (AvgIpc) is 3.04. The number of rotatable bonds is 5. The first-order valence-electron chi connectivity index (χ1n) is 6.78. The molecule has 2 rings (SSSR count). The first kappa shape index (κ1) is 12.7. The Kier molecular flexibility index (Phi) is 4.26. The lowest BCUT2D eigenvalue weighted by molar-refractivity contribution is 0.108. The molecule has 1 aliphatic heterocycles. The third-order valence-electron chi connectivity index (χ3n) is 3.95. The van der Waals surface area contributed by atoms with Crippen LogP contribution in [0.15, 0.2) is 0 Å². The minimum atomic E-state index is 0.221. The Morgan fingerprint density at radius 2 is 2.06 bits per heavy atom. The molecule has 0 N–H and O–H groups in total. The number of ether oxygens (including phenoxy) is 1. The SMILES string of the molecule is COCCN(C(=O)N1CCCC1)C(C)C1CC1. The highest BCUT2D eigenvalue weighted by molar-refractivity contribution is 5.75. The molecule has 1 heterocycles. The molecule has 1 aliphatic carbocycles. The molecule has 4 nitrogen and oxygen atoms in total. The molecule has 2 aliphatic rings. The number of carbonyl (C=O) groups excluding carboxylic acids is 1. The second-order valence-corrected chi connectivity index (χ2v) is 5.24. The van der Waals surface area contributed by atoms with Crippen LogP contribution in [0.3, 0.4) is 0 Å². The van der Waals surface area contributed by atoms with E-state index in [4.69, 9.17) is 4.74 Å². The van der Waals surface area contributed by atoms with Crippen molar-refractivity contribution in [2.45, 2.75) is 38.6 Å². The summed E-state index contributed by atoms with van der Waals surface area (Å²) in [5.41, 5.74) is 0. The summed E-state index contributed by atoms with van der Waals surface area (Å²) in [6.45, 7) is 5.40. The minimum absolute atomic E-state index is 0.221. The largest absolute Gasteiger partial charge is 0.383 e. The van der Waals surface area contributed by atoms with Gasteiger partial charge >= 0.3 is 6.03 Å². The van der Waals surface area contributed by atoms with E-state index in [9.17, 15) is 4.79 Å². The molecule has 0 aromatic heterocycles. The van der Waals surface area contributed by atoms with Gasteiger partial charge in [0.15, 0.2) is 0 Å². The van der Waals surface area contributed by atoms with Crippen molar-refractivity contribution in [3.8, 4) is 0 Å². The predicted molar refractivity (Wildman–Crippen MR) is 67.0 cm³/mol. The van der Waals surface area contributed by atoms with Crippen molar-refractivity contribution in [2.75, 3.05) is 33.4 Å². The zero-order valence-electron chi connectivity index (χ0n) is 11.0. The monoisotopic (exact) mass is 240 g/mol. The van der Waals surface area contributed by atoms with Crippen LogP contribution in [0.1, 0.15) is 32.6 Å². The average molecular weight is 240 g/mol. The van der Waals surface area contributed by atoms with Gasteiger partial charge in [-0.05, 0) is 38.5 Å². The van der Waals surface area contributed by atoms with Crippen LogP contribution in [-0.2, 0) is 4.74 Å². The van der Waals surface area contributed by atoms with Crippen molar-refractivity contribution in [3.05, 3.63) is 0 Å². The number of urea groups is 1. The van der Waals surface area contributed by atoms with Crippen LogP contribution in [0.4, 0.5) is 4.79 Å². The molecular weight excluding hydrogens is 216 g/mol. The third kappa shape index (κ3) is 3.12. The fourth-order valence-electron chi connectivity index (χ4n) is 2.59. The van der Waals surface area contributed by atoms with Crippen LogP contribution in [-0.4, -0.2) is 55.2 Å². The standard InChI is InChI=1S/C13H24N2O2/c1-11(12-5-6-12)15(9-10-17-2)13(16)14-7-3-4-8-14/h11-12H,3-10H2,1-2H3. The lowest BCUT2D eigenvalue weighted by Gasteiger charge is -2.33. The Balaban J connectivity index is 1.94. The van der Waals surface area contributed by atoms with Crippen LogP contribution in [0, 0.1) is 5.92 Å². The van der Waals surface area contributed by atoms with E-state index in [0.717, 1.165) is 38.4 Å². The fourth-order valence-corrected chi connectivity index (χ4v) is 2.59. The smallest absolute Gasteiger partial charge is 0.320 e. The van der Waals surface area contributed by atoms with Gasteiger partial charge in [-0.25, -0.2) is 4.79 Å². The Hall–Kier alpha value is -0.770. The molecule has 0 radical (unpaired) electrons. The molecule has 2 fully saturated rings. The van der Waals surface area contributed by atoms with Crippen molar-refractivity contribution in [2.24, 2.45) is 5.92 Å². The highest BCUT2D eigenvalue weighted by Gasteiger charge is 2.36. The van der Waals surface area contributed by atoms with Crippen LogP contribution in [0.2, 0.25) is 0 Å². The van der Waals surface area contributed by atoms with Gasteiger partial charge in [0.25, 0.3) is 0 Å². The number of likely N-dealkylation sites (tertiary alicyclic amines) is 1. The third-order valence-corrected chi connectivity index (χ3v) is 3.95. The van der Waals surface area contributed by atoms with Crippen molar-refractivity contribution >= 4 is 6.03 Å². The van der Waals surface area contributed by atoms with Crippen LogP contribution in [0.5, 0.6) is 0 Å². The van der Waals surface area contributed by atoms with Crippen LogP contribution < -0.4 is 0 Å². The Morgan fingerprint density at radius 3 is 2.59 bits per heavy atom. The molecule has 0 spiro atoms. The topological polar surface area (TPSA) is 32.8 Å². The lowest BCUT2D eigenvalue weighted by Crippen LogP contribution is -2.48. The fraction of sp³-hybridized carbons (Fsp3) is 0.923. The highest BCUT2D eigenvalue weighted by atomic mass is 16.5. The van der Waals surface area contributed by atoms with Gasteiger partial charge < -0.3 is 14.5 Å². The maximum atomic E-state index is 12.4.